The fourth-order valence-electron chi connectivity index (χ4n) is 3.92. The lowest BCUT2D eigenvalue weighted by Gasteiger charge is -2.10. The van der Waals surface area contributed by atoms with Gasteiger partial charge >= 0.3 is 0 Å². The van der Waals surface area contributed by atoms with Gasteiger partial charge < -0.3 is 15.6 Å². The van der Waals surface area contributed by atoms with Gasteiger partial charge in [0.2, 0.25) is 0 Å². The lowest BCUT2D eigenvalue weighted by Crippen LogP contribution is -2.23. The molecule has 168 valence electrons. The number of hydrogen-bond acceptors (Lipinski definition) is 4. The molecule has 4 aromatic rings. The highest BCUT2D eigenvalue weighted by molar-refractivity contribution is 5.91. The third-order valence-electron chi connectivity index (χ3n) is 6.13. The van der Waals surface area contributed by atoms with Gasteiger partial charge in [-0.05, 0) is 47.6 Å². The van der Waals surface area contributed by atoms with Crippen molar-refractivity contribution in [1.82, 2.24) is 24.6 Å². The van der Waals surface area contributed by atoms with Crippen LogP contribution in [0.1, 0.15) is 51.1 Å². The fourth-order valence-corrected chi connectivity index (χ4v) is 3.92. The van der Waals surface area contributed by atoms with E-state index in [0.717, 1.165) is 36.1 Å². The highest BCUT2D eigenvalue weighted by Crippen LogP contribution is 2.42. The molecule has 2 aromatic heterocycles. The van der Waals surface area contributed by atoms with E-state index in [4.69, 9.17) is 5.73 Å². The van der Waals surface area contributed by atoms with Crippen molar-refractivity contribution in [2.75, 3.05) is 0 Å². The number of carbonyl (C=O) groups excluding carboxylic acids is 1. The van der Waals surface area contributed by atoms with E-state index in [-0.39, 0.29) is 11.4 Å². The number of imidazole rings is 1. The van der Waals surface area contributed by atoms with Crippen LogP contribution in [-0.2, 0) is 25.2 Å². The summed E-state index contributed by atoms with van der Waals surface area (Å²) in [7, 11) is 0. The second-order valence-electron chi connectivity index (χ2n) is 9.00. The third-order valence-corrected chi connectivity index (χ3v) is 6.13. The smallest absolute Gasteiger partial charge is 0.271 e. The minimum Gasteiger partial charge on any atom is -0.347 e. The molecule has 7 heteroatoms. The molecule has 1 aliphatic rings. The molecule has 0 radical (unpaired) electrons. The first-order chi connectivity index (χ1) is 16.0. The zero-order valence-electron chi connectivity index (χ0n) is 18.7. The summed E-state index contributed by atoms with van der Waals surface area (Å²) in [6, 6.07) is 16.6. The van der Waals surface area contributed by atoms with Crippen LogP contribution in [0.15, 0.2) is 73.4 Å². The largest absolute Gasteiger partial charge is 0.347 e. The van der Waals surface area contributed by atoms with Crippen molar-refractivity contribution in [3.63, 3.8) is 0 Å². The summed E-state index contributed by atoms with van der Waals surface area (Å²) in [5.74, 6) is -0.180. The Labute approximate surface area is 193 Å². The molecule has 0 unspecified atom stereocenters. The van der Waals surface area contributed by atoms with E-state index in [1.54, 1.807) is 12.5 Å². The van der Waals surface area contributed by atoms with Crippen LogP contribution in [0.25, 0.3) is 0 Å². The molecule has 0 saturated heterocycles. The first kappa shape index (κ1) is 21.2. The van der Waals surface area contributed by atoms with E-state index in [1.165, 1.54) is 11.1 Å². The monoisotopic (exact) mass is 440 g/mol. The standard InChI is InChI=1S/C26H28N6O/c1-19-12-30-32(14-19)16-22-4-2-21(3-5-22)15-31-17-24(29-18-31)25(33)28-13-20-6-8-23(9-7-20)26(27)10-11-26/h2-9,12,14,17-18H,10-11,13,15-16,27H2,1H3,(H,28,33). The number of carbonyl (C=O) groups is 1. The second kappa shape index (κ2) is 8.67. The van der Waals surface area contributed by atoms with Crippen LogP contribution in [0.5, 0.6) is 0 Å². The Kier molecular flexibility index (Phi) is 5.56. The predicted octanol–water partition coefficient (Wildman–Crippen LogP) is 3.36. The van der Waals surface area contributed by atoms with E-state index in [0.29, 0.717) is 18.8 Å². The van der Waals surface area contributed by atoms with Gasteiger partial charge in [-0.25, -0.2) is 4.98 Å². The van der Waals surface area contributed by atoms with Gasteiger partial charge in [-0.1, -0.05) is 48.5 Å². The van der Waals surface area contributed by atoms with E-state index in [1.807, 2.05) is 40.7 Å². The van der Waals surface area contributed by atoms with Gasteiger partial charge in [0, 0.05) is 31.0 Å². The molecule has 0 bridgehead atoms. The summed E-state index contributed by atoms with van der Waals surface area (Å²) in [6.45, 7) is 3.90. The predicted molar refractivity (Wildman–Crippen MR) is 127 cm³/mol. The Balaban J connectivity index is 1.14. The zero-order valence-corrected chi connectivity index (χ0v) is 18.7. The van der Waals surface area contributed by atoms with E-state index >= 15 is 0 Å². The first-order valence-corrected chi connectivity index (χ1v) is 11.2. The Hall–Kier alpha value is -3.71. The molecule has 33 heavy (non-hydrogen) atoms. The Morgan fingerprint density at radius 2 is 1.67 bits per heavy atom. The lowest BCUT2D eigenvalue weighted by atomic mass is 10.0. The highest BCUT2D eigenvalue weighted by Gasteiger charge is 2.39. The number of amides is 1. The van der Waals surface area contributed by atoms with Crippen LogP contribution in [-0.4, -0.2) is 25.2 Å². The molecule has 1 fully saturated rings. The summed E-state index contributed by atoms with van der Waals surface area (Å²) in [6.07, 6.45) is 9.46. The summed E-state index contributed by atoms with van der Waals surface area (Å²) < 4.78 is 3.85. The molecule has 0 atom stereocenters. The van der Waals surface area contributed by atoms with Crippen molar-refractivity contribution in [3.05, 3.63) is 107 Å². The number of aromatic nitrogens is 4. The van der Waals surface area contributed by atoms with Gasteiger partial charge in [0.1, 0.15) is 5.69 Å². The molecular formula is C26H28N6O. The molecule has 0 spiro atoms. The van der Waals surface area contributed by atoms with Crippen molar-refractivity contribution < 1.29 is 4.79 Å². The maximum absolute atomic E-state index is 12.5. The minimum atomic E-state index is -0.180. The van der Waals surface area contributed by atoms with Crippen LogP contribution >= 0.6 is 0 Å². The van der Waals surface area contributed by atoms with Gasteiger partial charge in [0.25, 0.3) is 5.91 Å². The topological polar surface area (TPSA) is 90.8 Å². The highest BCUT2D eigenvalue weighted by atomic mass is 16.1. The zero-order chi connectivity index (χ0) is 22.8. The molecule has 1 aliphatic carbocycles. The van der Waals surface area contributed by atoms with Crippen molar-refractivity contribution >= 4 is 5.91 Å². The average Bonchev–Trinajstić information content (AvgIpc) is 3.19. The quantitative estimate of drug-likeness (QED) is 0.440. The lowest BCUT2D eigenvalue weighted by molar-refractivity contribution is 0.0946. The van der Waals surface area contributed by atoms with Crippen LogP contribution in [0, 0.1) is 6.92 Å². The van der Waals surface area contributed by atoms with E-state index in [2.05, 4.69) is 51.8 Å². The molecule has 2 aromatic carbocycles. The molecule has 1 saturated carbocycles. The van der Waals surface area contributed by atoms with E-state index < -0.39 is 0 Å². The molecular weight excluding hydrogens is 412 g/mol. The normalized spacial score (nSPS) is 14.2. The van der Waals surface area contributed by atoms with Crippen LogP contribution < -0.4 is 11.1 Å². The molecule has 3 N–H and O–H groups in total. The van der Waals surface area contributed by atoms with Crippen LogP contribution in [0.3, 0.4) is 0 Å². The van der Waals surface area contributed by atoms with Crippen molar-refractivity contribution in [1.29, 1.82) is 0 Å². The number of nitrogens with two attached hydrogens (primary N) is 1. The van der Waals surface area contributed by atoms with Gasteiger partial charge in [-0.3, -0.25) is 9.48 Å². The Bertz CT molecular complexity index is 1250. The fraction of sp³-hybridized carbons (Fsp3) is 0.269. The van der Waals surface area contributed by atoms with Crippen molar-refractivity contribution in [3.8, 4) is 0 Å². The number of nitrogens with one attached hydrogen (secondary N) is 1. The number of rotatable bonds is 8. The first-order valence-electron chi connectivity index (χ1n) is 11.2. The van der Waals surface area contributed by atoms with Gasteiger partial charge in [-0.15, -0.1) is 0 Å². The second-order valence-corrected chi connectivity index (χ2v) is 9.00. The number of nitrogens with zero attached hydrogens (tertiary/aromatic N) is 4. The van der Waals surface area contributed by atoms with Gasteiger partial charge in [0.05, 0.1) is 19.1 Å². The molecule has 7 nitrogen and oxygen atoms in total. The number of benzene rings is 2. The van der Waals surface area contributed by atoms with E-state index in [9.17, 15) is 4.79 Å². The molecule has 2 heterocycles. The maximum Gasteiger partial charge on any atom is 0.271 e. The summed E-state index contributed by atoms with van der Waals surface area (Å²) in [4.78, 5) is 16.8. The average molecular weight is 441 g/mol. The summed E-state index contributed by atoms with van der Waals surface area (Å²) in [5.41, 5.74) is 12.2. The van der Waals surface area contributed by atoms with Crippen LogP contribution in [0.2, 0.25) is 0 Å². The SMILES string of the molecule is Cc1cnn(Cc2ccc(Cn3cnc(C(=O)NCc4ccc(C5(N)CC5)cc4)c3)cc2)c1. The summed E-state index contributed by atoms with van der Waals surface area (Å²) >= 11 is 0. The summed E-state index contributed by atoms with van der Waals surface area (Å²) in [5, 5.41) is 7.28. The Morgan fingerprint density at radius 3 is 2.30 bits per heavy atom. The van der Waals surface area contributed by atoms with Crippen LogP contribution in [0.4, 0.5) is 0 Å². The molecule has 5 rings (SSSR count). The van der Waals surface area contributed by atoms with Gasteiger partial charge in [0.15, 0.2) is 0 Å². The van der Waals surface area contributed by atoms with Crippen molar-refractivity contribution in [2.24, 2.45) is 5.73 Å². The maximum atomic E-state index is 12.5. The minimum absolute atomic E-state index is 0.131. The Morgan fingerprint density at radius 1 is 1.00 bits per heavy atom. The molecule has 0 aliphatic heterocycles. The third kappa shape index (κ3) is 5.04. The van der Waals surface area contributed by atoms with Gasteiger partial charge in [-0.2, -0.15) is 5.10 Å². The number of aryl methyl sites for hydroxylation is 1. The van der Waals surface area contributed by atoms with Crippen molar-refractivity contribution in [2.45, 2.75) is 44.9 Å². The molecule has 1 amide bonds. The number of hydrogen-bond donors (Lipinski definition) is 2.